The van der Waals surface area contributed by atoms with E-state index in [1.807, 2.05) is 48.1 Å². The lowest BCUT2D eigenvalue weighted by atomic mass is 10.0. The number of imidazole rings is 1. The van der Waals surface area contributed by atoms with Crippen molar-refractivity contribution in [1.82, 2.24) is 14.9 Å². The van der Waals surface area contributed by atoms with E-state index < -0.39 is 0 Å². The van der Waals surface area contributed by atoms with Crippen LogP contribution in [0.5, 0.6) is 0 Å². The Balaban J connectivity index is 1.86. The Hall–Kier alpha value is -2.36. The van der Waals surface area contributed by atoms with Crippen molar-refractivity contribution >= 4 is 5.91 Å². The van der Waals surface area contributed by atoms with Gasteiger partial charge in [-0.15, -0.1) is 0 Å². The molecule has 0 unspecified atom stereocenters. The fraction of sp³-hybridized carbons (Fsp3) is 0.429. The van der Waals surface area contributed by atoms with Crippen molar-refractivity contribution in [2.45, 2.75) is 33.7 Å². The Morgan fingerprint density at radius 2 is 1.96 bits per heavy atom. The lowest BCUT2D eigenvalue weighted by molar-refractivity contribution is -0.123. The van der Waals surface area contributed by atoms with Gasteiger partial charge in [0.05, 0.1) is 5.92 Å². The van der Waals surface area contributed by atoms with Gasteiger partial charge in [0.1, 0.15) is 11.9 Å². The molecule has 4 heteroatoms. The number of aromatic nitrogens is 2. The van der Waals surface area contributed by atoms with Crippen molar-refractivity contribution in [1.29, 1.82) is 0 Å². The van der Waals surface area contributed by atoms with Crippen LogP contribution in [0.2, 0.25) is 0 Å². The van der Waals surface area contributed by atoms with Crippen LogP contribution < -0.4 is 5.32 Å². The third-order valence-corrected chi connectivity index (χ3v) is 5.24. The zero-order valence-electron chi connectivity index (χ0n) is 15.7. The van der Waals surface area contributed by atoms with Crippen molar-refractivity contribution in [2.24, 2.45) is 24.3 Å². The summed E-state index contributed by atoms with van der Waals surface area (Å²) in [5, 5.41) is 3.25. The molecule has 0 aliphatic heterocycles. The number of carbonyl (C=O) groups is 1. The minimum absolute atomic E-state index is 0.00419. The molecule has 1 N–H and O–H groups in total. The second kappa shape index (κ2) is 6.51. The number of nitrogens with one attached hydrogen (secondary N) is 1. The molecule has 3 rings (SSSR count). The third kappa shape index (κ3) is 3.39. The maximum Gasteiger partial charge on any atom is 0.225 e. The number of benzene rings is 1. The van der Waals surface area contributed by atoms with E-state index in [2.05, 4.69) is 44.1 Å². The second-order valence-corrected chi connectivity index (χ2v) is 7.82. The van der Waals surface area contributed by atoms with Crippen LogP contribution in [0.25, 0.3) is 0 Å². The number of carbonyl (C=O) groups excluding carboxylic acids is 1. The summed E-state index contributed by atoms with van der Waals surface area (Å²) in [6.07, 6.45) is 5.90. The first-order valence-corrected chi connectivity index (χ1v) is 8.80. The highest BCUT2D eigenvalue weighted by Gasteiger charge is 2.60. The van der Waals surface area contributed by atoms with Crippen molar-refractivity contribution in [3.8, 4) is 0 Å². The first-order chi connectivity index (χ1) is 11.8. The minimum atomic E-state index is -0.238. The van der Waals surface area contributed by atoms with Crippen LogP contribution in [0, 0.1) is 17.3 Å². The van der Waals surface area contributed by atoms with Crippen molar-refractivity contribution in [2.75, 3.05) is 0 Å². The normalized spacial score (nSPS) is 22.1. The van der Waals surface area contributed by atoms with Gasteiger partial charge in [0.2, 0.25) is 5.91 Å². The average Bonchev–Trinajstić information content (AvgIpc) is 2.88. The second-order valence-electron chi connectivity index (χ2n) is 7.82. The predicted molar refractivity (Wildman–Crippen MR) is 99.8 cm³/mol. The summed E-state index contributed by atoms with van der Waals surface area (Å²) in [4.78, 5) is 17.5. The lowest BCUT2D eigenvalue weighted by Gasteiger charge is -2.19. The Morgan fingerprint density at radius 3 is 2.52 bits per heavy atom. The van der Waals surface area contributed by atoms with E-state index in [0.717, 1.165) is 11.4 Å². The summed E-state index contributed by atoms with van der Waals surface area (Å²) in [6.45, 7) is 8.51. The van der Waals surface area contributed by atoms with Crippen LogP contribution >= 0.6 is 0 Å². The van der Waals surface area contributed by atoms with Gasteiger partial charge in [-0.1, -0.05) is 55.8 Å². The van der Waals surface area contributed by atoms with Gasteiger partial charge >= 0.3 is 0 Å². The van der Waals surface area contributed by atoms with Gasteiger partial charge in [-0.05, 0) is 30.7 Å². The van der Waals surface area contributed by atoms with Gasteiger partial charge in [0.25, 0.3) is 0 Å². The van der Waals surface area contributed by atoms with E-state index in [0.29, 0.717) is 5.92 Å². The van der Waals surface area contributed by atoms with Crippen LogP contribution in [0.4, 0.5) is 0 Å². The maximum absolute atomic E-state index is 13.0. The van der Waals surface area contributed by atoms with Gasteiger partial charge in [-0.2, -0.15) is 0 Å². The monoisotopic (exact) mass is 337 g/mol. The Kier molecular flexibility index (Phi) is 4.55. The predicted octanol–water partition coefficient (Wildman–Crippen LogP) is 3.86. The molecule has 2 aromatic rings. The average molecular weight is 337 g/mol. The summed E-state index contributed by atoms with van der Waals surface area (Å²) >= 11 is 0. The SMILES string of the molecule is CC(C)=C[C@@H]1[C@H](C(=O)N[C@H](c2ccccc2)c2nccn2C)C1(C)C. The molecule has 1 aromatic heterocycles. The van der Waals surface area contributed by atoms with Gasteiger partial charge in [-0.3, -0.25) is 4.79 Å². The molecule has 1 saturated carbocycles. The molecule has 25 heavy (non-hydrogen) atoms. The number of nitrogens with zero attached hydrogens (tertiary/aromatic N) is 2. The molecule has 0 bridgehead atoms. The Morgan fingerprint density at radius 1 is 1.28 bits per heavy atom. The molecule has 0 spiro atoms. The maximum atomic E-state index is 13.0. The van der Waals surface area contributed by atoms with E-state index in [4.69, 9.17) is 0 Å². The molecule has 3 atom stereocenters. The molecular weight excluding hydrogens is 310 g/mol. The summed E-state index contributed by atoms with van der Waals surface area (Å²) in [7, 11) is 1.96. The van der Waals surface area contributed by atoms with Crippen molar-refractivity contribution in [3.63, 3.8) is 0 Å². The van der Waals surface area contributed by atoms with Crippen LogP contribution in [0.1, 0.15) is 45.1 Å². The molecule has 1 fully saturated rings. The van der Waals surface area contributed by atoms with Crippen LogP contribution in [-0.4, -0.2) is 15.5 Å². The number of hydrogen-bond acceptors (Lipinski definition) is 2. The van der Waals surface area contributed by atoms with E-state index in [9.17, 15) is 4.79 Å². The van der Waals surface area contributed by atoms with Gasteiger partial charge in [0, 0.05) is 19.4 Å². The Labute approximate surface area is 150 Å². The quantitative estimate of drug-likeness (QED) is 0.842. The highest BCUT2D eigenvalue weighted by molar-refractivity contribution is 5.84. The zero-order chi connectivity index (χ0) is 18.2. The third-order valence-electron chi connectivity index (χ3n) is 5.24. The molecule has 132 valence electrons. The summed E-state index contributed by atoms with van der Waals surface area (Å²) in [5.41, 5.74) is 2.31. The van der Waals surface area contributed by atoms with E-state index in [-0.39, 0.29) is 23.3 Å². The van der Waals surface area contributed by atoms with Crippen molar-refractivity contribution in [3.05, 3.63) is 65.8 Å². The molecule has 4 nitrogen and oxygen atoms in total. The molecule has 1 aliphatic rings. The summed E-state index contributed by atoms with van der Waals surface area (Å²) < 4.78 is 1.96. The fourth-order valence-corrected chi connectivity index (χ4v) is 3.68. The molecule has 1 aliphatic carbocycles. The number of rotatable bonds is 5. The standard InChI is InChI=1S/C21H27N3O/c1-14(2)13-16-17(21(16,3)4)20(25)23-18(15-9-7-6-8-10-15)19-22-11-12-24(19)5/h6-13,16-18H,1-5H3,(H,23,25)/t16-,17-,18-/m1/s1. The van der Waals surface area contributed by atoms with E-state index >= 15 is 0 Å². The van der Waals surface area contributed by atoms with E-state index in [1.54, 1.807) is 6.20 Å². The first-order valence-electron chi connectivity index (χ1n) is 8.80. The number of aryl methyl sites for hydroxylation is 1. The van der Waals surface area contributed by atoms with Gasteiger partial charge in [-0.25, -0.2) is 4.98 Å². The molecule has 1 aromatic carbocycles. The summed E-state index contributed by atoms with van der Waals surface area (Å²) in [5.74, 6) is 1.25. The number of hydrogen-bond donors (Lipinski definition) is 1. The molecule has 1 heterocycles. The Bertz CT molecular complexity index is 784. The van der Waals surface area contributed by atoms with Crippen LogP contribution in [-0.2, 0) is 11.8 Å². The smallest absolute Gasteiger partial charge is 0.225 e. The summed E-state index contributed by atoms with van der Waals surface area (Å²) in [6, 6.07) is 9.79. The largest absolute Gasteiger partial charge is 0.342 e. The minimum Gasteiger partial charge on any atom is -0.342 e. The van der Waals surface area contributed by atoms with Gasteiger partial charge in [0.15, 0.2) is 0 Å². The molecular formula is C21H27N3O. The van der Waals surface area contributed by atoms with Crippen LogP contribution in [0.3, 0.4) is 0 Å². The van der Waals surface area contributed by atoms with Gasteiger partial charge < -0.3 is 9.88 Å². The highest BCUT2D eigenvalue weighted by Crippen LogP contribution is 2.59. The first kappa shape index (κ1) is 17.5. The topological polar surface area (TPSA) is 46.9 Å². The fourth-order valence-electron chi connectivity index (χ4n) is 3.68. The molecule has 1 amide bonds. The van der Waals surface area contributed by atoms with E-state index in [1.165, 1.54) is 5.57 Å². The molecule has 0 radical (unpaired) electrons. The molecule has 0 saturated heterocycles. The highest BCUT2D eigenvalue weighted by atomic mass is 16.2. The number of allylic oxidation sites excluding steroid dienone is 2. The number of amides is 1. The van der Waals surface area contributed by atoms with Crippen molar-refractivity contribution < 1.29 is 4.79 Å². The van der Waals surface area contributed by atoms with Crippen LogP contribution in [0.15, 0.2) is 54.4 Å². The lowest BCUT2D eigenvalue weighted by Crippen LogP contribution is -2.33. The zero-order valence-corrected chi connectivity index (χ0v) is 15.7.